The molecule has 0 fully saturated rings. The van der Waals surface area contributed by atoms with Gasteiger partial charge in [-0.05, 0) is 71.2 Å². The van der Waals surface area contributed by atoms with Crippen LogP contribution in [-0.4, -0.2) is 0 Å². The van der Waals surface area contributed by atoms with Crippen molar-refractivity contribution in [2.45, 2.75) is 66.2 Å². The molecular formula is C28H35N. The van der Waals surface area contributed by atoms with E-state index in [4.69, 9.17) is 0 Å². The maximum Gasteiger partial charge on any atom is 0.0520 e. The van der Waals surface area contributed by atoms with Crippen LogP contribution >= 0.6 is 0 Å². The van der Waals surface area contributed by atoms with Gasteiger partial charge in [0.1, 0.15) is 0 Å². The topological polar surface area (TPSA) is 3.24 Å². The normalized spacial score (nSPS) is 12.1. The number of para-hydroxylation sites is 1. The fraction of sp³-hybridized carbons (Fsp3) is 0.357. The van der Waals surface area contributed by atoms with Gasteiger partial charge in [0.2, 0.25) is 0 Å². The first-order valence-corrected chi connectivity index (χ1v) is 10.6. The highest BCUT2D eigenvalue weighted by molar-refractivity contribution is 5.80. The summed E-state index contributed by atoms with van der Waals surface area (Å²) < 4.78 is 0. The van der Waals surface area contributed by atoms with Crippen molar-refractivity contribution in [1.82, 2.24) is 0 Å². The molecule has 3 aromatic rings. The van der Waals surface area contributed by atoms with Gasteiger partial charge < -0.3 is 4.90 Å². The smallest absolute Gasteiger partial charge is 0.0520 e. The Bertz CT molecular complexity index is 945. The summed E-state index contributed by atoms with van der Waals surface area (Å²) in [5, 5.41) is 0. The second-order valence-corrected chi connectivity index (χ2v) is 10.2. The molecule has 1 nitrogen and oxygen atoms in total. The van der Waals surface area contributed by atoms with Crippen LogP contribution in [0.25, 0.3) is 0 Å². The molecule has 0 N–H and O–H groups in total. The van der Waals surface area contributed by atoms with Crippen molar-refractivity contribution in [2.24, 2.45) is 0 Å². The van der Waals surface area contributed by atoms with Crippen LogP contribution < -0.4 is 4.90 Å². The molecule has 0 aliphatic rings. The summed E-state index contributed by atoms with van der Waals surface area (Å²) in [4.78, 5) is 2.39. The predicted octanol–water partition coefficient (Wildman–Crippen LogP) is 8.37. The minimum absolute atomic E-state index is 0.139. The number of anilines is 3. The van der Waals surface area contributed by atoms with Crippen LogP contribution in [0.15, 0.2) is 66.7 Å². The van der Waals surface area contributed by atoms with Crippen LogP contribution in [-0.2, 0) is 10.8 Å². The standard InChI is InChI=1S/C28H35N/c1-20-18-23(28(6,7)8)19-21(2)26(20)29(24-12-10-9-11-13-24)25-16-14-22(15-17-25)27(3,4)5/h9-19H,1-8H3. The lowest BCUT2D eigenvalue weighted by Crippen LogP contribution is -2.17. The summed E-state index contributed by atoms with van der Waals surface area (Å²) in [5.41, 5.74) is 9.28. The fourth-order valence-electron chi connectivity index (χ4n) is 3.84. The third kappa shape index (κ3) is 4.56. The molecule has 0 atom stereocenters. The second kappa shape index (κ2) is 7.71. The van der Waals surface area contributed by atoms with Crippen LogP contribution in [0, 0.1) is 13.8 Å². The fourth-order valence-corrected chi connectivity index (χ4v) is 3.84. The van der Waals surface area contributed by atoms with Crippen LogP contribution in [0.5, 0.6) is 0 Å². The zero-order valence-corrected chi connectivity index (χ0v) is 19.3. The molecule has 0 saturated heterocycles. The SMILES string of the molecule is Cc1cc(C(C)(C)C)cc(C)c1N(c1ccccc1)c1ccc(C(C)(C)C)cc1. The third-order valence-corrected chi connectivity index (χ3v) is 5.59. The molecule has 0 unspecified atom stereocenters. The van der Waals surface area contributed by atoms with Crippen molar-refractivity contribution in [3.8, 4) is 0 Å². The molecule has 3 aromatic carbocycles. The van der Waals surface area contributed by atoms with Crippen molar-refractivity contribution in [2.75, 3.05) is 4.90 Å². The van der Waals surface area contributed by atoms with Crippen molar-refractivity contribution in [3.63, 3.8) is 0 Å². The monoisotopic (exact) mass is 385 g/mol. The number of rotatable bonds is 3. The first-order chi connectivity index (χ1) is 13.5. The number of hydrogen-bond acceptors (Lipinski definition) is 1. The lowest BCUT2D eigenvalue weighted by molar-refractivity contribution is 0.589. The number of aryl methyl sites for hydroxylation is 2. The van der Waals surface area contributed by atoms with E-state index >= 15 is 0 Å². The van der Waals surface area contributed by atoms with E-state index in [0.29, 0.717) is 0 Å². The lowest BCUT2D eigenvalue weighted by Gasteiger charge is -2.31. The van der Waals surface area contributed by atoms with Crippen LogP contribution in [0.1, 0.15) is 63.8 Å². The molecule has 3 rings (SSSR count). The third-order valence-electron chi connectivity index (χ3n) is 5.59. The van der Waals surface area contributed by atoms with E-state index in [1.165, 1.54) is 39.3 Å². The quantitative estimate of drug-likeness (QED) is 0.437. The summed E-state index contributed by atoms with van der Waals surface area (Å²) >= 11 is 0. The summed E-state index contributed by atoms with van der Waals surface area (Å²) in [6.45, 7) is 18.1. The van der Waals surface area contributed by atoms with Gasteiger partial charge in [-0.1, -0.05) is 84.0 Å². The van der Waals surface area contributed by atoms with E-state index in [2.05, 4.69) is 127 Å². The Morgan fingerprint density at radius 2 is 1.00 bits per heavy atom. The summed E-state index contributed by atoms with van der Waals surface area (Å²) in [6, 6.07) is 24.4. The minimum atomic E-state index is 0.139. The van der Waals surface area contributed by atoms with E-state index < -0.39 is 0 Å². The van der Waals surface area contributed by atoms with Gasteiger partial charge in [-0.2, -0.15) is 0 Å². The van der Waals surface area contributed by atoms with Gasteiger partial charge in [-0.25, -0.2) is 0 Å². The molecule has 0 spiro atoms. The Labute approximate surface area is 177 Å². The molecule has 0 amide bonds. The first kappa shape index (κ1) is 21.2. The van der Waals surface area contributed by atoms with Gasteiger partial charge in [0.25, 0.3) is 0 Å². The Hall–Kier alpha value is -2.54. The summed E-state index contributed by atoms with van der Waals surface area (Å²) in [7, 11) is 0. The van der Waals surface area contributed by atoms with Gasteiger partial charge >= 0.3 is 0 Å². The zero-order valence-electron chi connectivity index (χ0n) is 19.3. The maximum absolute atomic E-state index is 2.39. The van der Waals surface area contributed by atoms with Gasteiger partial charge in [-0.3, -0.25) is 0 Å². The lowest BCUT2D eigenvalue weighted by atomic mass is 9.84. The highest BCUT2D eigenvalue weighted by Crippen LogP contribution is 2.41. The van der Waals surface area contributed by atoms with Gasteiger partial charge in [0.05, 0.1) is 5.69 Å². The molecule has 0 saturated carbocycles. The Balaban J connectivity index is 2.19. The highest BCUT2D eigenvalue weighted by Gasteiger charge is 2.21. The van der Waals surface area contributed by atoms with Gasteiger partial charge in [0.15, 0.2) is 0 Å². The summed E-state index contributed by atoms with van der Waals surface area (Å²) in [6.07, 6.45) is 0. The molecule has 1 heteroatoms. The van der Waals surface area contributed by atoms with Crippen LogP contribution in [0.4, 0.5) is 17.1 Å². The van der Waals surface area contributed by atoms with E-state index in [1.807, 2.05) is 0 Å². The number of nitrogens with zero attached hydrogens (tertiary/aromatic N) is 1. The van der Waals surface area contributed by atoms with E-state index in [-0.39, 0.29) is 10.8 Å². The number of benzene rings is 3. The zero-order chi connectivity index (χ0) is 21.4. The van der Waals surface area contributed by atoms with E-state index in [0.717, 1.165) is 0 Å². The molecular weight excluding hydrogens is 350 g/mol. The van der Waals surface area contributed by atoms with Crippen LogP contribution in [0.3, 0.4) is 0 Å². The highest BCUT2D eigenvalue weighted by atomic mass is 15.1. The first-order valence-electron chi connectivity index (χ1n) is 10.6. The van der Waals surface area contributed by atoms with Gasteiger partial charge in [-0.15, -0.1) is 0 Å². The van der Waals surface area contributed by atoms with Crippen molar-refractivity contribution in [1.29, 1.82) is 0 Å². The van der Waals surface area contributed by atoms with E-state index in [1.54, 1.807) is 0 Å². The Morgan fingerprint density at radius 3 is 1.45 bits per heavy atom. The van der Waals surface area contributed by atoms with E-state index in [9.17, 15) is 0 Å². The molecule has 152 valence electrons. The molecule has 0 aliphatic heterocycles. The molecule has 0 heterocycles. The predicted molar refractivity (Wildman–Crippen MR) is 128 cm³/mol. The Kier molecular flexibility index (Phi) is 5.63. The number of hydrogen-bond donors (Lipinski definition) is 0. The molecule has 29 heavy (non-hydrogen) atoms. The molecule has 0 radical (unpaired) electrons. The molecule has 0 aliphatic carbocycles. The molecule has 0 bridgehead atoms. The summed E-state index contributed by atoms with van der Waals surface area (Å²) in [5.74, 6) is 0. The molecule has 0 aromatic heterocycles. The van der Waals surface area contributed by atoms with Gasteiger partial charge in [0, 0.05) is 11.4 Å². The van der Waals surface area contributed by atoms with Crippen molar-refractivity contribution >= 4 is 17.1 Å². The average Bonchev–Trinajstić information content (AvgIpc) is 2.64. The maximum atomic E-state index is 2.39. The average molecular weight is 386 g/mol. The minimum Gasteiger partial charge on any atom is -0.310 e. The second-order valence-electron chi connectivity index (χ2n) is 10.2. The van der Waals surface area contributed by atoms with Crippen LogP contribution in [0.2, 0.25) is 0 Å². The largest absolute Gasteiger partial charge is 0.310 e. The van der Waals surface area contributed by atoms with Crippen molar-refractivity contribution < 1.29 is 0 Å². The Morgan fingerprint density at radius 1 is 0.552 bits per heavy atom. The van der Waals surface area contributed by atoms with Crippen molar-refractivity contribution in [3.05, 3.63) is 89.0 Å².